The van der Waals surface area contributed by atoms with Crippen molar-refractivity contribution in [3.63, 3.8) is 0 Å². The van der Waals surface area contributed by atoms with E-state index < -0.39 is 5.97 Å². The predicted molar refractivity (Wildman–Crippen MR) is 105 cm³/mol. The third-order valence-electron chi connectivity index (χ3n) is 5.49. The molecule has 0 aliphatic heterocycles. The van der Waals surface area contributed by atoms with Gasteiger partial charge in [-0.3, -0.25) is 4.79 Å². The van der Waals surface area contributed by atoms with Crippen molar-refractivity contribution in [3.05, 3.63) is 70.1 Å². The van der Waals surface area contributed by atoms with Crippen LogP contribution >= 0.6 is 11.6 Å². The van der Waals surface area contributed by atoms with E-state index in [4.69, 9.17) is 11.6 Å². The maximum atomic E-state index is 13.9. The van der Waals surface area contributed by atoms with Crippen molar-refractivity contribution < 1.29 is 14.3 Å². The molecule has 0 fully saturated rings. The van der Waals surface area contributed by atoms with Crippen LogP contribution in [0.25, 0.3) is 10.9 Å². The van der Waals surface area contributed by atoms with Gasteiger partial charge in [0.15, 0.2) is 0 Å². The maximum absolute atomic E-state index is 13.9. The van der Waals surface area contributed by atoms with Crippen molar-refractivity contribution >= 4 is 28.5 Å². The summed E-state index contributed by atoms with van der Waals surface area (Å²) in [6.45, 7) is 0.661. The number of carboxylic acid groups (broad SMARTS) is 1. The number of aliphatic carboxylic acids is 1. The molecule has 3 nitrogen and oxygen atoms in total. The minimum Gasteiger partial charge on any atom is -0.481 e. The standard InChI is InChI=1S/C22H21ClFNO2/c23-16-6-4-14(5-7-16)13-25-20-9-8-17(24)12-19(20)18-3-1-2-15(10-21(18)25)11-22(26)27/h4-9,12,15H,1-3,10-11,13H2,(H,26,27). The first-order valence-electron chi connectivity index (χ1n) is 9.27. The molecule has 1 heterocycles. The molecule has 2 aromatic carbocycles. The number of halogens is 2. The monoisotopic (exact) mass is 385 g/mol. The van der Waals surface area contributed by atoms with Gasteiger partial charge in [0.05, 0.1) is 0 Å². The zero-order valence-electron chi connectivity index (χ0n) is 14.9. The average molecular weight is 386 g/mol. The van der Waals surface area contributed by atoms with Gasteiger partial charge in [-0.05, 0) is 73.1 Å². The molecule has 0 amide bonds. The summed E-state index contributed by atoms with van der Waals surface area (Å²) >= 11 is 6.01. The normalized spacial score (nSPS) is 16.9. The number of hydrogen-bond donors (Lipinski definition) is 1. The third kappa shape index (κ3) is 3.72. The van der Waals surface area contributed by atoms with Crippen LogP contribution in [0.1, 0.15) is 36.1 Å². The fourth-order valence-electron chi connectivity index (χ4n) is 4.28. The van der Waals surface area contributed by atoms with Crippen LogP contribution in [0.4, 0.5) is 4.39 Å². The molecule has 5 heteroatoms. The first-order chi connectivity index (χ1) is 13.0. The van der Waals surface area contributed by atoms with Crippen molar-refractivity contribution in [1.29, 1.82) is 0 Å². The number of rotatable bonds is 4. The molecular weight excluding hydrogens is 365 g/mol. The molecule has 1 atom stereocenters. The smallest absolute Gasteiger partial charge is 0.303 e. The van der Waals surface area contributed by atoms with Gasteiger partial charge in [0.1, 0.15) is 5.82 Å². The lowest BCUT2D eigenvalue weighted by Crippen LogP contribution is -2.13. The number of carboxylic acids is 1. The van der Waals surface area contributed by atoms with E-state index in [1.54, 1.807) is 6.07 Å². The first-order valence-corrected chi connectivity index (χ1v) is 9.65. The number of aromatic nitrogens is 1. The van der Waals surface area contributed by atoms with Crippen molar-refractivity contribution in [2.75, 3.05) is 0 Å². The van der Waals surface area contributed by atoms with Gasteiger partial charge in [-0.25, -0.2) is 4.39 Å². The Morgan fingerprint density at radius 1 is 1.22 bits per heavy atom. The Hall–Kier alpha value is -2.33. The lowest BCUT2D eigenvalue weighted by molar-refractivity contribution is -0.138. The first kappa shape index (κ1) is 18.1. The Kier molecular flexibility index (Phi) is 4.92. The minimum absolute atomic E-state index is 0.113. The molecule has 0 bridgehead atoms. The van der Waals surface area contributed by atoms with Gasteiger partial charge in [-0.1, -0.05) is 23.7 Å². The summed E-state index contributed by atoms with van der Waals surface area (Å²) in [5.74, 6) is -0.878. The molecule has 140 valence electrons. The number of benzene rings is 2. The maximum Gasteiger partial charge on any atom is 0.303 e. The number of aryl methyl sites for hydroxylation is 1. The molecule has 4 rings (SSSR count). The van der Waals surface area contributed by atoms with Crippen LogP contribution in [0, 0.1) is 11.7 Å². The molecule has 1 aromatic heterocycles. The average Bonchev–Trinajstić information content (AvgIpc) is 2.77. The van der Waals surface area contributed by atoms with E-state index >= 15 is 0 Å². The molecule has 1 aliphatic carbocycles. The second-order valence-corrected chi connectivity index (χ2v) is 7.80. The number of nitrogens with zero attached hydrogens (tertiary/aromatic N) is 1. The van der Waals surface area contributed by atoms with E-state index in [2.05, 4.69) is 4.57 Å². The van der Waals surface area contributed by atoms with E-state index in [0.29, 0.717) is 18.0 Å². The van der Waals surface area contributed by atoms with E-state index in [1.807, 2.05) is 30.3 Å². The minimum atomic E-state index is -0.755. The van der Waals surface area contributed by atoms with Gasteiger partial charge in [0.2, 0.25) is 0 Å². The Bertz CT molecular complexity index is 994. The molecule has 3 aromatic rings. The molecule has 0 spiro atoms. The molecule has 0 saturated carbocycles. The van der Waals surface area contributed by atoms with Gasteiger partial charge in [-0.2, -0.15) is 0 Å². The molecule has 1 N–H and O–H groups in total. The third-order valence-corrected chi connectivity index (χ3v) is 5.74. The fraction of sp³-hybridized carbons (Fsp3) is 0.318. The van der Waals surface area contributed by atoms with E-state index in [1.165, 1.54) is 11.6 Å². The van der Waals surface area contributed by atoms with Gasteiger partial charge >= 0.3 is 5.97 Å². The zero-order chi connectivity index (χ0) is 19.0. The van der Waals surface area contributed by atoms with Gasteiger partial charge in [0.25, 0.3) is 0 Å². The topological polar surface area (TPSA) is 42.2 Å². The number of carbonyl (C=O) groups is 1. The van der Waals surface area contributed by atoms with Crippen LogP contribution in [0.2, 0.25) is 5.02 Å². The quantitative estimate of drug-likeness (QED) is 0.606. The summed E-state index contributed by atoms with van der Waals surface area (Å²) in [6.07, 6.45) is 3.57. The summed E-state index contributed by atoms with van der Waals surface area (Å²) in [5.41, 5.74) is 4.44. The molecule has 0 saturated heterocycles. The Morgan fingerprint density at radius 3 is 2.74 bits per heavy atom. The van der Waals surface area contributed by atoms with Gasteiger partial charge in [-0.15, -0.1) is 0 Å². The second-order valence-electron chi connectivity index (χ2n) is 7.36. The highest BCUT2D eigenvalue weighted by Crippen LogP contribution is 2.35. The van der Waals surface area contributed by atoms with Crippen LogP contribution in [0.3, 0.4) is 0 Å². The van der Waals surface area contributed by atoms with Crippen LogP contribution in [-0.2, 0) is 24.2 Å². The van der Waals surface area contributed by atoms with Crippen LogP contribution in [-0.4, -0.2) is 15.6 Å². The zero-order valence-corrected chi connectivity index (χ0v) is 15.7. The second kappa shape index (κ2) is 7.35. The lowest BCUT2D eigenvalue weighted by atomic mass is 9.96. The number of fused-ring (bicyclic) bond motifs is 3. The van der Waals surface area contributed by atoms with Crippen molar-refractivity contribution in [3.8, 4) is 0 Å². The number of hydrogen-bond acceptors (Lipinski definition) is 1. The van der Waals surface area contributed by atoms with E-state index in [-0.39, 0.29) is 18.2 Å². The Labute approximate surface area is 162 Å². The molecule has 27 heavy (non-hydrogen) atoms. The fourth-order valence-corrected chi connectivity index (χ4v) is 4.40. The molecule has 1 aliphatic rings. The van der Waals surface area contributed by atoms with Crippen LogP contribution < -0.4 is 0 Å². The van der Waals surface area contributed by atoms with Crippen molar-refractivity contribution in [2.24, 2.45) is 5.92 Å². The van der Waals surface area contributed by atoms with E-state index in [9.17, 15) is 14.3 Å². The van der Waals surface area contributed by atoms with Crippen LogP contribution in [0.5, 0.6) is 0 Å². The van der Waals surface area contributed by atoms with Crippen molar-refractivity contribution in [2.45, 2.75) is 38.6 Å². The van der Waals surface area contributed by atoms with Crippen LogP contribution in [0.15, 0.2) is 42.5 Å². The summed E-state index contributed by atoms with van der Waals surface area (Å²) < 4.78 is 16.2. The summed E-state index contributed by atoms with van der Waals surface area (Å²) in [4.78, 5) is 11.2. The highest BCUT2D eigenvalue weighted by atomic mass is 35.5. The van der Waals surface area contributed by atoms with Gasteiger partial charge < -0.3 is 9.67 Å². The SMILES string of the molecule is O=C(O)CC1CCCc2c(n(Cc3ccc(Cl)cc3)c3ccc(F)cc23)C1. The molecule has 1 unspecified atom stereocenters. The summed E-state index contributed by atoms with van der Waals surface area (Å²) in [7, 11) is 0. The Balaban J connectivity index is 1.82. The summed E-state index contributed by atoms with van der Waals surface area (Å²) in [6, 6.07) is 12.7. The summed E-state index contributed by atoms with van der Waals surface area (Å²) in [5, 5.41) is 10.9. The molecular formula is C22H21ClFNO2. The highest BCUT2D eigenvalue weighted by molar-refractivity contribution is 6.30. The van der Waals surface area contributed by atoms with E-state index in [0.717, 1.165) is 41.4 Å². The predicted octanol–water partition coefficient (Wildman–Crippen LogP) is 5.45. The van der Waals surface area contributed by atoms with Gasteiger partial charge in [0, 0.05) is 34.6 Å². The lowest BCUT2D eigenvalue weighted by Gasteiger charge is -2.16. The molecule has 0 radical (unpaired) electrons. The van der Waals surface area contributed by atoms with Crippen molar-refractivity contribution in [1.82, 2.24) is 4.57 Å². The largest absolute Gasteiger partial charge is 0.481 e. The Morgan fingerprint density at radius 2 is 2.00 bits per heavy atom. The highest BCUT2D eigenvalue weighted by Gasteiger charge is 2.25.